The SMILES string of the molecule is CC(C)c1ccc(-c2cc3ccc(-c4ccccc4)nc3o2)cc1. The van der Waals surface area contributed by atoms with Gasteiger partial charge in [0.25, 0.3) is 0 Å². The van der Waals surface area contributed by atoms with Crippen molar-refractivity contribution in [2.75, 3.05) is 0 Å². The van der Waals surface area contributed by atoms with Crippen molar-refractivity contribution in [3.8, 4) is 22.6 Å². The molecule has 0 bridgehead atoms. The summed E-state index contributed by atoms with van der Waals surface area (Å²) < 4.78 is 6.01. The fourth-order valence-electron chi connectivity index (χ4n) is 2.86. The van der Waals surface area contributed by atoms with Crippen molar-refractivity contribution in [2.45, 2.75) is 19.8 Å². The third kappa shape index (κ3) is 2.71. The van der Waals surface area contributed by atoms with E-state index in [0.717, 1.165) is 28.0 Å². The molecule has 0 atom stereocenters. The van der Waals surface area contributed by atoms with Crippen LogP contribution in [-0.2, 0) is 0 Å². The Kier molecular flexibility index (Phi) is 3.66. The van der Waals surface area contributed by atoms with Crippen molar-refractivity contribution >= 4 is 11.1 Å². The minimum absolute atomic E-state index is 0.532. The molecule has 0 spiro atoms. The van der Waals surface area contributed by atoms with Crippen LogP contribution in [0, 0.1) is 0 Å². The average molecular weight is 313 g/mol. The first-order valence-corrected chi connectivity index (χ1v) is 8.27. The summed E-state index contributed by atoms with van der Waals surface area (Å²) in [6.07, 6.45) is 0. The number of fused-ring (bicyclic) bond motifs is 1. The van der Waals surface area contributed by atoms with E-state index < -0.39 is 0 Å². The van der Waals surface area contributed by atoms with Gasteiger partial charge in [0.2, 0.25) is 5.71 Å². The summed E-state index contributed by atoms with van der Waals surface area (Å²) in [5, 5.41) is 1.03. The Morgan fingerprint density at radius 2 is 1.54 bits per heavy atom. The fraction of sp³-hybridized carbons (Fsp3) is 0.136. The first-order valence-electron chi connectivity index (χ1n) is 8.27. The van der Waals surface area contributed by atoms with Gasteiger partial charge in [-0.1, -0.05) is 68.4 Å². The monoisotopic (exact) mass is 313 g/mol. The van der Waals surface area contributed by atoms with Gasteiger partial charge in [-0.15, -0.1) is 0 Å². The molecule has 0 radical (unpaired) electrons. The first kappa shape index (κ1) is 14.7. The van der Waals surface area contributed by atoms with E-state index in [1.807, 2.05) is 24.3 Å². The van der Waals surface area contributed by atoms with Crippen LogP contribution in [0.25, 0.3) is 33.7 Å². The number of benzene rings is 2. The standard InChI is InChI=1S/C22H19NO/c1-15(2)16-8-10-18(11-9-16)21-14-19-12-13-20(23-22(19)24-21)17-6-4-3-5-7-17/h3-15H,1-2H3. The molecule has 0 saturated heterocycles. The summed E-state index contributed by atoms with van der Waals surface area (Å²) in [5.41, 5.74) is 5.12. The van der Waals surface area contributed by atoms with Crippen LogP contribution < -0.4 is 0 Å². The number of rotatable bonds is 3. The van der Waals surface area contributed by atoms with Crippen molar-refractivity contribution < 1.29 is 4.42 Å². The molecule has 0 amide bonds. The topological polar surface area (TPSA) is 26.0 Å². The average Bonchev–Trinajstić information content (AvgIpc) is 3.06. The zero-order valence-electron chi connectivity index (χ0n) is 13.9. The van der Waals surface area contributed by atoms with Gasteiger partial charge in [0.1, 0.15) is 5.76 Å². The number of nitrogens with zero attached hydrogens (tertiary/aromatic N) is 1. The van der Waals surface area contributed by atoms with E-state index in [-0.39, 0.29) is 0 Å². The smallest absolute Gasteiger partial charge is 0.227 e. The van der Waals surface area contributed by atoms with E-state index in [4.69, 9.17) is 4.42 Å². The Labute approximate surface area is 141 Å². The maximum Gasteiger partial charge on any atom is 0.227 e. The van der Waals surface area contributed by atoms with Crippen LogP contribution in [-0.4, -0.2) is 4.98 Å². The van der Waals surface area contributed by atoms with E-state index in [0.29, 0.717) is 11.6 Å². The summed E-state index contributed by atoms with van der Waals surface area (Å²) in [5.74, 6) is 1.39. The maximum atomic E-state index is 6.01. The second-order valence-corrected chi connectivity index (χ2v) is 6.34. The summed E-state index contributed by atoms with van der Waals surface area (Å²) in [6.45, 7) is 4.40. The lowest BCUT2D eigenvalue weighted by Gasteiger charge is -2.05. The number of furan rings is 1. The lowest BCUT2D eigenvalue weighted by molar-refractivity contribution is 0.619. The number of aromatic nitrogens is 1. The molecule has 2 heteroatoms. The Hall–Kier alpha value is -2.87. The van der Waals surface area contributed by atoms with Gasteiger partial charge in [-0.2, -0.15) is 0 Å². The molecule has 0 aliphatic heterocycles. The van der Waals surface area contributed by atoms with Gasteiger partial charge in [-0.3, -0.25) is 0 Å². The molecular formula is C22H19NO. The lowest BCUT2D eigenvalue weighted by Crippen LogP contribution is -1.85. The minimum Gasteiger partial charge on any atom is -0.438 e. The highest BCUT2D eigenvalue weighted by Crippen LogP contribution is 2.29. The normalized spacial score (nSPS) is 11.3. The molecule has 118 valence electrons. The van der Waals surface area contributed by atoms with E-state index in [2.05, 4.69) is 67.4 Å². The molecule has 0 fully saturated rings. The molecule has 0 aliphatic carbocycles. The van der Waals surface area contributed by atoms with Crippen LogP contribution in [0.2, 0.25) is 0 Å². The zero-order valence-corrected chi connectivity index (χ0v) is 13.9. The molecule has 4 aromatic rings. The number of pyridine rings is 1. The largest absolute Gasteiger partial charge is 0.438 e. The molecular weight excluding hydrogens is 294 g/mol. The van der Waals surface area contributed by atoms with E-state index in [9.17, 15) is 0 Å². The van der Waals surface area contributed by atoms with Gasteiger partial charge in [0, 0.05) is 16.5 Å². The molecule has 2 aromatic heterocycles. The van der Waals surface area contributed by atoms with Crippen molar-refractivity contribution in [1.29, 1.82) is 0 Å². The van der Waals surface area contributed by atoms with Gasteiger partial charge in [-0.05, 0) is 29.7 Å². The van der Waals surface area contributed by atoms with Gasteiger partial charge in [0.05, 0.1) is 5.69 Å². The Morgan fingerprint density at radius 1 is 0.792 bits per heavy atom. The molecule has 4 rings (SSSR count). The molecule has 0 N–H and O–H groups in total. The second kappa shape index (κ2) is 5.97. The zero-order chi connectivity index (χ0) is 16.5. The van der Waals surface area contributed by atoms with E-state index in [1.54, 1.807) is 0 Å². The Morgan fingerprint density at radius 3 is 2.25 bits per heavy atom. The van der Waals surface area contributed by atoms with E-state index in [1.165, 1.54) is 5.56 Å². The molecule has 0 aliphatic rings. The minimum atomic E-state index is 0.532. The van der Waals surface area contributed by atoms with Crippen molar-refractivity contribution in [3.63, 3.8) is 0 Å². The van der Waals surface area contributed by atoms with Crippen LogP contribution in [0.4, 0.5) is 0 Å². The summed E-state index contributed by atoms with van der Waals surface area (Å²) in [7, 11) is 0. The summed E-state index contributed by atoms with van der Waals surface area (Å²) in [4.78, 5) is 4.67. The predicted molar refractivity (Wildman–Crippen MR) is 99.0 cm³/mol. The predicted octanol–water partition coefficient (Wildman–Crippen LogP) is 6.29. The van der Waals surface area contributed by atoms with Crippen LogP contribution in [0.15, 0.2) is 77.2 Å². The second-order valence-electron chi connectivity index (χ2n) is 6.34. The van der Waals surface area contributed by atoms with Crippen molar-refractivity contribution in [1.82, 2.24) is 4.98 Å². The van der Waals surface area contributed by atoms with Crippen molar-refractivity contribution in [3.05, 3.63) is 78.4 Å². The lowest BCUT2D eigenvalue weighted by atomic mass is 10.0. The molecule has 2 nitrogen and oxygen atoms in total. The third-order valence-electron chi connectivity index (χ3n) is 4.31. The first-order chi connectivity index (χ1) is 11.7. The highest BCUT2D eigenvalue weighted by Gasteiger charge is 2.09. The van der Waals surface area contributed by atoms with Crippen molar-refractivity contribution in [2.24, 2.45) is 0 Å². The molecule has 2 aromatic carbocycles. The van der Waals surface area contributed by atoms with Gasteiger partial charge in [-0.25, -0.2) is 4.98 Å². The van der Waals surface area contributed by atoms with Gasteiger partial charge in [0.15, 0.2) is 0 Å². The van der Waals surface area contributed by atoms with Gasteiger partial charge < -0.3 is 4.42 Å². The molecule has 0 saturated carbocycles. The Bertz CT molecular complexity index is 966. The summed E-state index contributed by atoms with van der Waals surface area (Å²) >= 11 is 0. The maximum absolute atomic E-state index is 6.01. The number of hydrogen-bond donors (Lipinski definition) is 0. The van der Waals surface area contributed by atoms with Crippen LogP contribution in [0.3, 0.4) is 0 Å². The van der Waals surface area contributed by atoms with Crippen LogP contribution in [0.5, 0.6) is 0 Å². The fourth-order valence-corrected chi connectivity index (χ4v) is 2.86. The van der Waals surface area contributed by atoms with Crippen LogP contribution >= 0.6 is 0 Å². The highest BCUT2D eigenvalue weighted by molar-refractivity contribution is 5.82. The Balaban J connectivity index is 1.73. The van der Waals surface area contributed by atoms with E-state index >= 15 is 0 Å². The molecule has 2 heterocycles. The molecule has 0 unspecified atom stereocenters. The molecule has 24 heavy (non-hydrogen) atoms. The third-order valence-corrected chi connectivity index (χ3v) is 4.31. The highest BCUT2D eigenvalue weighted by atomic mass is 16.3. The quantitative estimate of drug-likeness (QED) is 0.444. The van der Waals surface area contributed by atoms with Crippen LogP contribution in [0.1, 0.15) is 25.3 Å². The van der Waals surface area contributed by atoms with Gasteiger partial charge >= 0.3 is 0 Å². The number of hydrogen-bond acceptors (Lipinski definition) is 2. The summed E-state index contributed by atoms with van der Waals surface area (Å²) in [6, 6.07) is 24.9.